The molecule has 1 aliphatic heterocycles. The first-order chi connectivity index (χ1) is 13.1. The molecule has 1 saturated heterocycles. The zero-order valence-corrected chi connectivity index (χ0v) is 16.3. The van der Waals surface area contributed by atoms with E-state index >= 15 is 0 Å². The Balaban J connectivity index is 1.32. The van der Waals surface area contributed by atoms with Crippen LogP contribution in [0.4, 0.5) is 0 Å². The molecule has 3 fully saturated rings. The van der Waals surface area contributed by atoms with Crippen LogP contribution in [-0.4, -0.2) is 34.8 Å². The van der Waals surface area contributed by atoms with Crippen molar-refractivity contribution in [1.29, 1.82) is 0 Å². The summed E-state index contributed by atoms with van der Waals surface area (Å²) in [6.45, 7) is 3.45. The number of aryl methyl sites for hydroxylation is 1. The van der Waals surface area contributed by atoms with Gasteiger partial charge in [-0.2, -0.15) is 0 Å². The van der Waals surface area contributed by atoms with Crippen molar-refractivity contribution in [3.8, 4) is 0 Å². The average Bonchev–Trinajstić information content (AvgIpc) is 3.38. The van der Waals surface area contributed by atoms with Crippen molar-refractivity contribution in [3.05, 3.63) is 29.6 Å². The fraction of sp³-hybridized carbons (Fsp3) is 0.682. The van der Waals surface area contributed by atoms with Crippen molar-refractivity contribution < 1.29 is 9.59 Å². The maximum absolute atomic E-state index is 12.9. The third-order valence-electron chi connectivity index (χ3n) is 6.50. The first-order valence-corrected chi connectivity index (χ1v) is 10.6. The molecule has 1 atom stereocenters. The third kappa shape index (κ3) is 4.33. The van der Waals surface area contributed by atoms with E-state index in [1.165, 1.54) is 12.8 Å². The second kappa shape index (κ2) is 7.99. The molecule has 146 valence electrons. The lowest BCUT2D eigenvalue weighted by Crippen LogP contribution is -2.45. The molecule has 0 aromatic carbocycles. The minimum atomic E-state index is 0.0173. The van der Waals surface area contributed by atoms with Gasteiger partial charge in [-0.3, -0.25) is 14.6 Å². The van der Waals surface area contributed by atoms with Crippen LogP contribution in [0.15, 0.2) is 18.2 Å². The maximum atomic E-state index is 12.9. The summed E-state index contributed by atoms with van der Waals surface area (Å²) in [7, 11) is 0. The second-order valence-electron chi connectivity index (χ2n) is 8.61. The molecule has 1 aromatic heterocycles. The predicted octanol–water partition coefficient (Wildman–Crippen LogP) is 3.39. The molecule has 0 bridgehead atoms. The number of amides is 2. The lowest BCUT2D eigenvalue weighted by atomic mass is 9.93. The summed E-state index contributed by atoms with van der Waals surface area (Å²) in [5.74, 6) is 1.24. The van der Waals surface area contributed by atoms with E-state index in [1.54, 1.807) is 0 Å². The van der Waals surface area contributed by atoms with Crippen LogP contribution in [-0.2, 0) is 9.59 Å². The van der Waals surface area contributed by atoms with Gasteiger partial charge < -0.3 is 10.2 Å². The SMILES string of the molecule is Cc1cccc([C@H](NC(=O)C2CCN(C(=O)C3CCCC3)CC2)C2CC2)n1. The van der Waals surface area contributed by atoms with E-state index in [9.17, 15) is 9.59 Å². The molecule has 3 aliphatic rings. The van der Waals surface area contributed by atoms with Gasteiger partial charge in [-0.25, -0.2) is 0 Å². The fourth-order valence-electron chi connectivity index (χ4n) is 4.66. The standard InChI is InChI=1S/C22H31N3O2/c1-15-5-4-8-19(23-15)20(16-9-10-16)24-21(26)17-11-13-25(14-12-17)22(27)18-6-2-3-7-18/h4-5,8,16-18,20H,2-3,6-7,9-14H2,1H3,(H,24,26)/t20-/m1/s1. The number of nitrogens with one attached hydrogen (secondary N) is 1. The lowest BCUT2D eigenvalue weighted by Gasteiger charge is -2.33. The Morgan fingerprint density at radius 1 is 1.04 bits per heavy atom. The van der Waals surface area contributed by atoms with Crippen LogP contribution in [0.2, 0.25) is 0 Å². The number of nitrogens with zero attached hydrogens (tertiary/aromatic N) is 2. The van der Waals surface area contributed by atoms with Crippen molar-refractivity contribution in [1.82, 2.24) is 15.2 Å². The number of piperidine rings is 1. The summed E-state index contributed by atoms with van der Waals surface area (Å²) < 4.78 is 0. The molecule has 2 amide bonds. The van der Waals surface area contributed by atoms with Gasteiger partial charge in [-0.05, 0) is 63.5 Å². The Morgan fingerprint density at radius 3 is 2.37 bits per heavy atom. The van der Waals surface area contributed by atoms with Gasteiger partial charge in [0, 0.05) is 30.6 Å². The Labute approximate surface area is 161 Å². The molecule has 2 saturated carbocycles. The number of likely N-dealkylation sites (tertiary alicyclic amines) is 1. The molecule has 2 heterocycles. The second-order valence-corrected chi connectivity index (χ2v) is 8.61. The van der Waals surface area contributed by atoms with E-state index in [1.807, 2.05) is 30.0 Å². The van der Waals surface area contributed by atoms with Crippen LogP contribution in [0, 0.1) is 24.7 Å². The first-order valence-electron chi connectivity index (χ1n) is 10.6. The quantitative estimate of drug-likeness (QED) is 0.865. The number of hydrogen-bond donors (Lipinski definition) is 1. The Bertz CT molecular complexity index is 687. The van der Waals surface area contributed by atoms with Crippen LogP contribution < -0.4 is 5.32 Å². The molecule has 0 spiro atoms. The van der Waals surface area contributed by atoms with Crippen LogP contribution in [0.1, 0.15) is 68.8 Å². The highest BCUT2D eigenvalue weighted by atomic mass is 16.2. The molecule has 1 aromatic rings. The molecule has 1 N–H and O–H groups in total. The molecular weight excluding hydrogens is 338 g/mol. The number of carbonyl (C=O) groups excluding carboxylic acids is 2. The van der Waals surface area contributed by atoms with E-state index in [4.69, 9.17) is 0 Å². The van der Waals surface area contributed by atoms with Crippen molar-refractivity contribution in [2.24, 2.45) is 17.8 Å². The summed E-state index contributed by atoms with van der Waals surface area (Å²) >= 11 is 0. The van der Waals surface area contributed by atoms with Crippen LogP contribution in [0.3, 0.4) is 0 Å². The zero-order valence-electron chi connectivity index (χ0n) is 16.3. The van der Waals surface area contributed by atoms with E-state index in [2.05, 4.69) is 10.3 Å². The fourth-order valence-corrected chi connectivity index (χ4v) is 4.66. The highest BCUT2D eigenvalue weighted by Crippen LogP contribution is 2.40. The molecule has 27 heavy (non-hydrogen) atoms. The Hall–Kier alpha value is -1.91. The number of rotatable bonds is 5. The van der Waals surface area contributed by atoms with Crippen molar-refractivity contribution in [2.75, 3.05) is 13.1 Å². The normalized spacial score (nSPS) is 22.6. The van der Waals surface area contributed by atoms with Gasteiger partial charge in [-0.15, -0.1) is 0 Å². The molecule has 2 aliphatic carbocycles. The van der Waals surface area contributed by atoms with Crippen LogP contribution in [0.25, 0.3) is 0 Å². The van der Waals surface area contributed by atoms with Crippen molar-refractivity contribution in [3.63, 3.8) is 0 Å². The molecule has 0 radical (unpaired) electrons. The van der Waals surface area contributed by atoms with Gasteiger partial charge in [0.15, 0.2) is 0 Å². The number of aromatic nitrogens is 1. The average molecular weight is 370 g/mol. The van der Waals surface area contributed by atoms with Crippen LogP contribution >= 0.6 is 0 Å². The Kier molecular flexibility index (Phi) is 5.46. The molecule has 5 heteroatoms. The van der Waals surface area contributed by atoms with Crippen molar-refractivity contribution >= 4 is 11.8 Å². The summed E-state index contributed by atoms with van der Waals surface area (Å²) in [6.07, 6.45) is 8.35. The lowest BCUT2D eigenvalue weighted by molar-refractivity contribution is -0.139. The third-order valence-corrected chi connectivity index (χ3v) is 6.50. The topological polar surface area (TPSA) is 62.3 Å². The van der Waals surface area contributed by atoms with Gasteiger partial charge in [0.2, 0.25) is 11.8 Å². The first kappa shape index (κ1) is 18.5. The van der Waals surface area contributed by atoms with E-state index in [0.717, 1.165) is 63.0 Å². The van der Waals surface area contributed by atoms with Crippen molar-refractivity contribution in [2.45, 2.75) is 64.3 Å². The highest BCUT2D eigenvalue weighted by Gasteiger charge is 2.37. The van der Waals surface area contributed by atoms with Gasteiger partial charge >= 0.3 is 0 Å². The minimum Gasteiger partial charge on any atom is -0.347 e. The van der Waals surface area contributed by atoms with E-state index in [0.29, 0.717) is 11.8 Å². The van der Waals surface area contributed by atoms with Crippen LogP contribution in [0.5, 0.6) is 0 Å². The summed E-state index contributed by atoms with van der Waals surface area (Å²) in [5.41, 5.74) is 1.98. The van der Waals surface area contributed by atoms with E-state index < -0.39 is 0 Å². The minimum absolute atomic E-state index is 0.0173. The van der Waals surface area contributed by atoms with E-state index in [-0.39, 0.29) is 23.8 Å². The summed E-state index contributed by atoms with van der Waals surface area (Å²) in [6, 6.07) is 6.08. The van der Waals surface area contributed by atoms with Gasteiger partial charge in [-0.1, -0.05) is 18.9 Å². The number of carbonyl (C=O) groups is 2. The monoisotopic (exact) mass is 369 g/mol. The molecule has 4 rings (SSSR count). The predicted molar refractivity (Wildman–Crippen MR) is 104 cm³/mol. The highest BCUT2D eigenvalue weighted by molar-refractivity contribution is 5.81. The molecule has 5 nitrogen and oxygen atoms in total. The maximum Gasteiger partial charge on any atom is 0.225 e. The van der Waals surface area contributed by atoms with Gasteiger partial charge in [0.1, 0.15) is 0 Å². The largest absolute Gasteiger partial charge is 0.347 e. The van der Waals surface area contributed by atoms with Gasteiger partial charge in [0.25, 0.3) is 0 Å². The Morgan fingerprint density at radius 2 is 1.74 bits per heavy atom. The smallest absolute Gasteiger partial charge is 0.225 e. The zero-order chi connectivity index (χ0) is 18.8. The molecular formula is C22H31N3O2. The summed E-state index contributed by atoms with van der Waals surface area (Å²) in [4.78, 5) is 32.1. The number of hydrogen-bond acceptors (Lipinski definition) is 3. The van der Waals surface area contributed by atoms with Gasteiger partial charge in [0.05, 0.1) is 11.7 Å². The number of pyridine rings is 1. The molecule has 0 unspecified atom stereocenters. The summed E-state index contributed by atoms with van der Waals surface area (Å²) in [5, 5.41) is 3.29.